The Hall–Kier alpha value is -0.330. The molecular formula is C11H21ClN2O3S. The number of carbonyl (C=O) groups is 1. The van der Waals surface area contributed by atoms with E-state index < -0.39 is 9.84 Å². The molecule has 1 saturated heterocycles. The molecule has 0 aromatic rings. The van der Waals surface area contributed by atoms with Gasteiger partial charge in [-0.1, -0.05) is 0 Å². The normalized spacial score (nSPS) is 35.0. The third kappa shape index (κ3) is 3.36. The van der Waals surface area contributed by atoms with Crippen LogP contribution >= 0.6 is 12.4 Å². The molecule has 5 nitrogen and oxygen atoms in total. The van der Waals surface area contributed by atoms with E-state index >= 15 is 0 Å². The SMILES string of the molecule is CC1CS(=O)(=O)CCN1C(=O)C1CCC(N)C1.Cl. The van der Waals surface area contributed by atoms with Crippen LogP contribution in [0.2, 0.25) is 0 Å². The molecule has 2 aliphatic rings. The maximum absolute atomic E-state index is 12.2. The zero-order chi connectivity index (χ0) is 12.6. The number of nitrogens with two attached hydrogens (primary N) is 1. The van der Waals surface area contributed by atoms with Gasteiger partial charge in [-0.25, -0.2) is 8.42 Å². The zero-order valence-corrected chi connectivity index (χ0v) is 12.2. The van der Waals surface area contributed by atoms with Crippen molar-refractivity contribution in [3.63, 3.8) is 0 Å². The van der Waals surface area contributed by atoms with E-state index in [0.29, 0.717) is 6.54 Å². The predicted molar refractivity (Wildman–Crippen MR) is 72.4 cm³/mol. The van der Waals surface area contributed by atoms with Crippen molar-refractivity contribution in [1.29, 1.82) is 0 Å². The van der Waals surface area contributed by atoms with E-state index in [-0.39, 0.29) is 47.8 Å². The van der Waals surface area contributed by atoms with Crippen LogP contribution in [-0.2, 0) is 14.6 Å². The van der Waals surface area contributed by atoms with E-state index in [9.17, 15) is 13.2 Å². The van der Waals surface area contributed by atoms with Crippen LogP contribution in [0.3, 0.4) is 0 Å². The summed E-state index contributed by atoms with van der Waals surface area (Å²) in [5.74, 6) is 0.299. The molecule has 1 amide bonds. The quantitative estimate of drug-likeness (QED) is 0.748. The number of hydrogen-bond donors (Lipinski definition) is 1. The van der Waals surface area contributed by atoms with Gasteiger partial charge in [-0.2, -0.15) is 0 Å². The predicted octanol–water partition coefficient (Wildman–Crippen LogP) is 0.181. The Labute approximate surface area is 114 Å². The summed E-state index contributed by atoms with van der Waals surface area (Å²) in [6, 6.07) is -0.0640. The standard InChI is InChI=1S/C11H20N2O3S.ClH/c1-8-7-17(15,16)5-4-13(8)11(14)9-2-3-10(12)6-9;/h8-10H,2-7,12H2,1H3;1H. The average Bonchev–Trinajstić information content (AvgIpc) is 2.62. The molecule has 1 heterocycles. The fourth-order valence-corrected chi connectivity index (χ4v) is 4.36. The number of hydrogen-bond acceptors (Lipinski definition) is 4. The first-order chi connectivity index (χ1) is 7.89. The van der Waals surface area contributed by atoms with Crippen LogP contribution in [0.25, 0.3) is 0 Å². The highest BCUT2D eigenvalue weighted by molar-refractivity contribution is 7.91. The lowest BCUT2D eigenvalue weighted by atomic mass is 10.1. The molecular weight excluding hydrogens is 276 g/mol. The van der Waals surface area contributed by atoms with Crippen LogP contribution in [0.4, 0.5) is 0 Å². The van der Waals surface area contributed by atoms with Gasteiger partial charge in [0.2, 0.25) is 5.91 Å². The summed E-state index contributed by atoms with van der Waals surface area (Å²) in [6.45, 7) is 2.15. The van der Waals surface area contributed by atoms with Crippen LogP contribution in [0.5, 0.6) is 0 Å². The molecule has 1 aliphatic carbocycles. The second kappa shape index (κ2) is 5.75. The molecule has 0 radical (unpaired) electrons. The van der Waals surface area contributed by atoms with Gasteiger partial charge in [-0.15, -0.1) is 12.4 Å². The van der Waals surface area contributed by atoms with Crippen molar-refractivity contribution < 1.29 is 13.2 Å². The maximum atomic E-state index is 12.2. The first kappa shape index (κ1) is 15.7. The van der Waals surface area contributed by atoms with Gasteiger partial charge in [0.1, 0.15) is 0 Å². The highest BCUT2D eigenvalue weighted by Crippen LogP contribution is 2.27. The van der Waals surface area contributed by atoms with Crippen LogP contribution in [-0.4, -0.2) is 49.4 Å². The van der Waals surface area contributed by atoms with Crippen molar-refractivity contribution in [3.05, 3.63) is 0 Å². The summed E-state index contributed by atoms with van der Waals surface area (Å²) >= 11 is 0. The van der Waals surface area contributed by atoms with E-state index in [1.165, 1.54) is 0 Å². The summed E-state index contributed by atoms with van der Waals surface area (Å²) < 4.78 is 22.9. The number of rotatable bonds is 1. The Morgan fingerprint density at radius 3 is 2.50 bits per heavy atom. The van der Waals surface area contributed by atoms with E-state index in [1.54, 1.807) is 4.90 Å². The Balaban J connectivity index is 0.00000162. The lowest BCUT2D eigenvalue weighted by Crippen LogP contribution is -2.51. The molecule has 2 rings (SSSR count). The Morgan fingerprint density at radius 2 is 2.00 bits per heavy atom. The first-order valence-corrected chi connectivity index (χ1v) is 7.97. The second-order valence-electron chi connectivity index (χ2n) is 5.27. The molecule has 7 heteroatoms. The van der Waals surface area contributed by atoms with Gasteiger partial charge in [0.15, 0.2) is 9.84 Å². The Morgan fingerprint density at radius 1 is 1.33 bits per heavy atom. The molecule has 0 aromatic heterocycles. The van der Waals surface area contributed by atoms with Crippen molar-refractivity contribution in [1.82, 2.24) is 4.90 Å². The van der Waals surface area contributed by atoms with Gasteiger partial charge in [0.05, 0.1) is 11.5 Å². The Bertz CT molecular complexity index is 413. The number of sulfone groups is 1. The summed E-state index contributed by atoms with van der Waals surface area (Å²) in [4.78, 5) is 14.0. The molecule has 3 atom stereocenters. The Kier molecular flexibility index (Phi) is 5.03. The molecule has 106 valence electrons. The minimum Gasteiger partial charge on any atom is -0.338 e. The molecule has 18 heavy (non-hydrogen) atoms. The second-order valence-corrected chi connectivity index (χ2v) is 7.49. The maximum Gasteiger partial charge on any atom is 0.226 e. The highest BCUT2D eigenvalue weighted by Gasteiger charge is 2.36. The zero-order valence-electron chi connectivity index (χ0n) is 10.5. The van der Waals surface area contributed by atoms with Gasteiger partial charge in [-0.3, -0.25) is 4.79 Å². The minimum absolute atomic E-state index is 0. The van der Waals surface area contributed by atoms with Crippen LogP contribution in [0, 0.1) is 5.92 Å². The lowest BCUT2D eigenvalue weighted by molar-refractivity contribution is -0.136. The van der Waals surface area contributed by atoms with Crippen molar-refractivity contribution in [2.24, 2.45) is 11.7 Å². The number of amides is 1. The van der Waals surface area contributed by atoms with Gasteiger partial charge >= 0.3 is 0 Å². The average molecular weight is 297 g/mol. The molecule has 2 fully saturated rings. The fourth-order valence-electron chi connectivity index (χ4n) is 2.80. The highest BCUT2D eigenvalue weighted by atomic mass is 35.5. The first-order valence-electron chi connectivity index (χ1n) is 6.15. The summed E-state index contributed by atoms with van der Waals surface area (Å²) in [5.41, 5.74) is 5.80. The molecule has 0 bridgehead atoms. The van der Waals surface area contributed by atoms with E-state index in [4.69, 9.17) is 5.73 Å². The van der Waals surface area contributed by atoms with Gasteiger partial charge in [-0.05, 0) is 26.2 Å². The van der Waals surface area contributed by atoms with Crippen molar-refractivity contribution in [2.75, 3.05) is 18.1 Å². The van der Waals surface area contributed by atoms with E-state index in [0.717, 1.165) is 19.3 Å². The number of carbonyl (C=O) groups excluding carboxylic acids is 1. The summed E-state index contributed by atoms with van der Waals surface area (Å²) in [5, 5.41) is 0. The monoisotopic (exact) mass is 296 g/mol. The third-order valence-corrected chi connectivity index (χ3v) is 5.57. The number of nitrogens with zero attached hydrogens (tertiary/aromatic N) is 1. The molecule has 0 spiro atoms. The van der Waals surface area contributed by atoms with E-state index in [2.05, 4.69) is 0 Å². The van der Waals surface area contributed by atoms with Crippen molar-refractivity contribution in [3.8, 4) is 0 Å². The summed E-state index contributed by atoms with van der Waals surface area (Å²) in [6.07, 6.45) is 2.49. The van der Waals surface area contributed by atoms with Crippen LogP contribution < -0.4 is 5.73 Å². The van der Waals surface area contributed by atoms with Gasteiger partial charge in [0, 0.05) is 24.5 Å². The molecule has 1 aliphatic heterocycles. The van der Waals surface area contributed by atoms with Gasteiger partial charge < -0.3 is 10.6 Å². The minimum atomic E-state index is -2.95. The third-order valence-electron chi connectivity index (χ3n) is 3.78. The van der Waals surface area contributed by atoms with Crippen molar-refractivity contribution in [2.45, 2.75) is 38.3 Å². The topological polar surface area (TPSA) is 80.5 Å². The van der Waals surface area contributed by atoms with E-state index in [1.807, 2.05) is 6.92 Å². The molecule has 2 N–H and O–H groups in total. The largest absolute Gasteiger partial charge is 0.338 e. The van der Waals surface area contributed by atoms with Crippen LogP contribution in [0.15, 0.2) is 0 Å². The smallest absolute Gasteiger partial charge is 0.226 e. The lowest BCUT2D eigenvalue weighted by Gasteiger charge is -2.35. The molecule has 3 unspecified atom stereocenters. The van der Waals surface area contributed by atoms with Crippen molar-refractivity contribution >= 4 is 28.2 Å². The van der Waals surface area contributed by atoms with Gasteiger partial charge in [0.25, 0.3) is 0 Å². The molecule has 0 aromatic carbocycles. The number of halogens is 1. The van der Waals surface area contributed by atoms with Crippen LogP contribution in [0.1, 0.15) is 26.2 Å². The summed E-state index contributed by atoms with van der Waals surface area (Å²) in [7, 11) is -2.95. The molecule has 1 saturated carbocycles. The fraction of sp³-hybridized carbons (Fsp3) is 0.909.